The minimum atomic E-state index is -0.158. The van der Waals surface area contributed by atoms with Crippen LogP contribution in [0.15, 0.2) is 46.9 Å². The molecule has 1 N–H and O–H groups in total. The van der Waals surface area contributed by atoms with E-state index in [2.05, 4.69) is 39.4 Å². The SMILES string of the molecule is Cc1cccc(F)c1NC1CC(c2ccccc2Br)C1. The Bertz CT molecular complexity index is 600. The summed E-state index contributed by atoms with van der Waals surface area (Å²) >= 11 is 3.60. The summed E-state index contributed by atoms with van der Waals surface area (Å²) in [7, 11) is 0. The molecule has 0 amide bonds. The van der Waals surface area contributed by atoms with Gasteiger partial charge in [-0.05, 0) is 48.9 Å². The van der Waals surface area contributed by atoms with Crippen LogP contribution in [0.25, 0.3) is 0 Å². The first-order valence-corrected chi connectivity index (χ1v) is 7.70. The van der Waals surface area contributed by atoms with Gasteiger partial charge in [0.15, 0.2) is 0 Å². The van der Waals surface area contributed by atoms with Gasteiger partial charge in [-0.2, -0.15) is 0 Å². The second kappa shape index (κ2) is 5.57. The van der Waals surface area contributed by atoms with Gasteiger partial charge in [-0.3, -0.25) is 0 Å². The number of hydrogen-bond donors (Lipinski definition) is 1. The first-order chi connectivity index (χ1) is 9.65. The van der Waals surface area contributed by atoms with Gasteiger partial charge in [0.05, 0.1) is 5.69 Å². The van der Waals surface area contributed by atoms with Crippen molar-refractivity contribution < 1.29 is 4.39 Å². The maximum Gasteiger partial charge on any atom is 0.146 e. The minimum absolute atomic E-state index is 0.158. The molecule has 1 aliphatic rings. The maximum absolute atomic E-state index is 13.8. The third-order valence-electron chi connectivity index (χ3n) is 4.05. The van der Waals surface area contributed by atoms with Crippen LogP contribution in [-0.2, 0) is 0 Å². The number of nitrogens with one attached hydrogen (secondary N) is 1. The summed E-state index contributed by atoms with van der Waals surface area (Å²) in [6, 6.07) is 13.9. The predicted molar refractivity (Wildman–Crippen MR) is 84.7 cm³/mol. The van der Waals surface area contributed by atoms with E-state index in [0.717, 1.165) is 18.4 Å². The van der Waals surface area contributed by atoms with Crippen LogP contribution in [0, 0.1) is 12.7 Å². The number of hydrogen-bond acceptors (Lipinski definition) is 1. The van der Waals surface area contributed by atoms with Gasteiger partial charge in [0, 0.05) is 10.5 Å². The van der Waals surface area contributed by atoms with E-state index in [-0.39, 0.29) is 5.82 Å². The van der Waals surface area contributed by atoms with Crippen molar-refractivity contribution in [1.29, 1.82) is 0 Å². The van der Waals surface area contributed by atoms with Crippen LogP contribution in [0.1, 0.15) is 29.9 Å². The van der Waals surface area contributed by atoms with Crippen molar-refractivity contribution in [1.82, 2.24) is 0 Å². The number of benzene rings is 2. The molecule has 0 atom stereocenters. The molecule has 0 heterocycles. The predicted octanol–water partition coefficient (Wildman–Crippen LogP) is 5.25. The molecule has 0 radical (unpaired) electrons. The largest absolute Gasteiger partial charge is 0.380 e. The molecular weight excluding hydrogens is 317 g/mol. The zero-order chi connectivity index (χ0) is 14.1. The molecule has 0 saturated heterocycles. The highest BCUT2D eigenvalue weighted by Crippen LogP contribution is 2.41. The summed E-state index contributed by atoms with van der Waals surface area (Å²) < 4.78 is 15.0. The van der Waals surface area contributed by atoms with Gasteiger partial charge in [0.25, 0.3) is 0 Å². The van der Waals surface area contributed by atoms with Gasteiger partial charge in [-0.15, -0.1) is 0 Å². The summed E-state index contributed by atoms with van der Waals surface area (Å²) in [6.45, 7) is 1.94. The highest BCUT2D eigenvalue weighted by molar-refractivity contribution is 9.10. The standard InChI is InChI=1S/C17H17BrFN/c1-11-5-4-8-16(19)17(11)20-13-9-12(10-13)14-6-2-3-7-15(14)18/h2-8,12-13,20H,9-10H2,1H3. The molecule has 0 aliphatic heterocycles. The Hall–Kier alpha value is -1.35. The van der Waals surface area contributed by atoms with E-state index in [1.165, 1.54) is 16.1 Å². The smallest absolute Gasteiger partial charge is 0.146 e. The van der Waals surface area contributed by atoms with Crippen LogP contribution in [-0.4, -0.2) is 6.04 Å². The monoisotopic (exact) mass is 333 g/mol. The average molecular weight is 334 g/mol. The van der Waals surface area contributed by atoms with Crippen LogP contribution in [0.5, 0.6) is 0 Å². The summed E-state index contributed by atoms with van der Waals surface area (Å²) in [6.07, 6.45) is 2.10. The van der Waals surface area contributed by atoms with E-state index in [1.54, 1.807) is 6.07 Å². The van der Waals surface area contributed by atoms with Crippen molar-refractivity contribution in [2.24, 2.45) is 0 Å². The molecule has 1 fully saturated rings. The normalized spacial score (nSPS) is 21.4. The lowest BCUT2D eigenvalue weighted by molar-refractivity contribution is 0.371. The van der Waals surface area contributed by atoms with E-state index in [9.17, 15) is 4.39 Å². The summed E-state index contributed by atoms with van der Waals surface area (Å²) in [5.74, 6) is 0.407. The van der Waals surface area contributed by atoms with Crippen molar-refractivity contribution in [3.63, 3.8) is 0 Å². The number of rotatable bonds is 3. The third kappa shape index (κ3) is 2.59. The molecule has 3 rings (SSSR count). The number of para-hydroxylation sites is 1. The Morgan fingerprint density at radius 2 is 1.85 bits per heavy atom. The Morgan fingerprint density at radius 1 is 1.10 bits per heavy atom. The lowest BCUT2D eigenvalue weighted by Crippen LogP contribution is -2.34. The average Bonchev–Trinajstić information content (AvgIpc) is 2.37. The molecule has 0 aromatic heterocycles. The van der Waals surface area contributed by atoms with Crippen LogP contribution in [0.3, 0.4) is 0 Å². The van der Waals surface area contributed by atoms with Crippen molar-refractivity contribution in [2.75, 3.05) is 5.32 Å². The molecule has 1 nitrogen and oxygen atoms in total. The number of anilines is 1. The first kappa shape index (κ1) is 13.6. The van der Waals surface area contributed by atoms with Crippen molar-refractivity contribution in [3.8, 4) is 0 Å². The molecule has 1 saturated carbocycles. The fraction of sp³-hybridized carbons (Fsp3) is 0.294. The van der Waals surface area contributed by atoms with Crippen LogP contribution in [0.4, 0.5) is 10.1 Å². The van der Waals surface area contributed by atoms with Crippen LogP contribution < -0.4 is 5.32 Å². The van der Waals surface area contributed by atoms with Crippen molar-refractivity contribution >= 4 is 21.6 Å². The van der Waals surface area contributed by atoms with E-state index >= 15 is 0 Å². The van der Waals surface area contributed by atoms with Crippen LogP contribution >= 0.6 is 15.9 Å². The fourth-order valence-electron chi connectivity index (χ4n) is 2.81. The van der Waals surface area contributed by atoms with Gasteiger partial charge in [0.1, 0.15) is 5.82 Å². The lowest BCUT2D eigenvalue weighted by atomic mass is 9.75. The molecule has 2 aromatic carbocycles. The van der Waals surface area contributed by atoms with Gasteiger partial charge in [0.2, 0.25) is 0 Å². The zero-order valence-corrected chi connectivity index (χ0v) is 13.0. The van der Waals surface area contributed by atoms with Crippen molar-refractivity contribution in [3.05, 3.63) is 63.9 Å². The second-order valence-electron chi connectivity index (χ2n) is 5.46. The van der Waals surface area contributed by atoms with Gasteiger partial charge >= 0.3 is 0 Å². The molecule has 0 unspecified atom stereocenters. The van der Waals surface area contributed by atoms with Gasteiger partial charge < -0.3 is 5.32 Å². The highest BCUT2D eigenvalue weighted by Gasteiger charge is 2.31. The molecule has 1 aliphatic carbocycles. The molecule has 0 bridgehead atoms. The highest BCUT2D eigenvalue weighted by atomic mass is 79.9. The van der Waals surface area contributed by atoms with Crippen LogP contribution in [0.2, 0.25) is 0 Å². The van der Waals surface area contributed by atoms with Crippen molar-refractivity contribution in [2.45, 2.75) is 31.7 Å². The molecule has 0 spiro atoms. The Kier molecular flexibility index (Phi) is 3.79. The number of halogens is 2. The van der Waals surface area contributed by atoms with E-state index in [0.29, 0.717) is 17.6 Å². The second-order valence-corrected chi connectivity index (χ2v) is 6.32. The van der Waals surface area contributed by atoms with E-state index in [1.807, 2.05) is 19.1 Å². The van der Waals surface area contributed by atoms with Gasteiger partial charge in [-0.1, -0.05) is 46.3 Å². The molecule has 104 valence electrons. The molecule has 20 heavy (non-hydrogen) atoms. The fourth-order valence-corrected chi connectivity index (χ4v) is 3.42. The quantitative estimate of drug-likeness (QED) is 0.808. The molecule has 3 heteroatoms. The lowest BCUT2D eigenvalue weighted by Gasteiger charge is -2.37. The van der Waals surface area contributed by atoms with E-state index in [4.69, 9.17) is 0 Å². The molecular formula is C17H17BrFN. The Labute approximate surface area is 127 Å². The summed E-state index contributed by atoms with van der Waals surface area (Å²) in [4.78, 5) is 0. The van der Waals surface area contributed by atoms with E-state index < -0.39 is 0 Å². The summed E-state index contributed by atoms with van der Waals surface area (Å²) in [5, 5.41) is 3.34. The topological polar surface area (TPSA) is 12.0 Å². The Morgan fingerprint density at radius 3 is 2.55 bits per heavy atom. The molecule has 2 aromatic rings. The van der Waals surface area contributed by atoms with Gasteiger partial charge in [-0.25, -0.2) is 4.39 Å². The maximum atomic E-state index is 13.8. The number of aryl methyl sites for hydroxylation is 1. The minimum Gasteiger partial charge on any atom is -0.380 e. The third-order valence-corrected chi connectivity index (χ3v) is 4.78. The summed E-state index contributed by atoms with van der Waals surface area (Å²) in [5.41, 5.74) is 2.98. The zero-order valence-electron chi connectivity index (χ0n) is 11.4. The first-order valence-electron chi connectivity index (χ1n) is 6.91. The Balaban J connectivity index is 1.66.